The summed E-state index contributed by atoms with van der Waals surface area (Å²) in [5, 5.41) is 2.85. The van der Waals surface area contributed by atoms with Gasteiger partial charge in [-0.1, -0.05) is 15.9 Å². The highest BCUT2D eigenvalue weighted by molar-refractivity contribution is 9.10. The monoisotopic (exact) mass is 345 g/mol. The molecule has 1 aliphatic heterocycles. The largest absolute Gasteiger partial charge is 0.326 e. The average Bonchev–Trinajstić information content (AvgIpc) is 2.33. The van der Waals surface area contributed by atoms with Gasteiger partial charge in [0.05, 0.1) is 11.5 Å². The number of amides is 1. The molecule has 0 radical (unpaired) electrons. The molecule has 1 aromatic rings. The highest BCUT2D eigenvalue weighted by Crippen LogP contribution is 2.23. The van der Waals surface area contributed by atoms with Crippen molar-refractivity contribution in [3.8, 4) is 0 Å². The zero-order valence-electron chi connectivity index (χ0n) is 10.6. The van der Waals surface area contributed by atoms with Crippen molar-refractivity contribution in [2.24, 2.45) is 5.92 Å². The van der Waals surface area contributed by atoms with E-state index in [1.807, 2.05) is 25.1 Å². The SMILES string of the molecule is Cc1cc(NC(=O)C2CCS(=O)(=O)CC2)ccc1Br. The third-order valence-electron chi connectivity index (χ3n) is 3.35. The van der Waals surface area contributed by atoms with Gasteiger partial charge in [-0.15, -0.1) is 0 Å². The van der Waals surface area contributed by atoms with Gasteiger partial charge in [0.15, 0.2) is 0 Å². The summed E-state index contributed by atoms with van der Waals surface area (Å²) >= 11 is 3.41. The van der Waals surface area contributed by atoms with Gasteiger partial charge in [0, 0.05) is 16.1 Å². The first-order chi connectivity index (χ1) is 8.87. The smallest absolute Gasteiger partial charge is 0.227 e. The summed E-state index contributed by atoms with van der Waals surface area (Å²) in [4.78, 5) is 12.1. The van der Waals surface area contributed by atoms with Crippen LogP contribution in [0.25, 0.3) is 0 Å². The number of anilines is 1. The van der Waals surface area contributed by atoms with Crippen molar-refractivity contribution in [2.75, 3.05) is 16.8 Å². The maximum atomic E-state index is 12.1. The molecule has 1 heterocycles. The summed E-state index contributed by atoms with van der Waals surface area (Å²) in [6.07, 6.45) is 0.841. The summed E-state index contributed by atoms with van der Waals surface area (Å²) in [6, 6.07) is 5.60. The fourth-order valence-electron chi connectivity index (χ4n) is 2.12. The molecule has 4 nitrogen and oxygen atoms in total. The number of hydrogen-bond donors (Lipinski definition) is 1. The zero-order valence-corrected chi connectivity index (χ0v) is 13.1. The van der Waals surface area contributed by atoms with Crippen molar-refractivity contribution < 1.29 is 13.2 Å². The van der Waals surface area contributed by atoms with Crippen LogP contribution in [0.2, 0.25) is 0 Å². The van der Waals surface area contributed by atoms with Crippen LogP contribution >= 0.6 is 15.9 Å². The Bertz CT molecular complexity index is 584. The Labute approximate surface area is 121 Å². The van der Waals surface area contributed by atoms with Crippen molar-refractivity contribution in [3.63, 3.8) is 0 Å². The molecule has 1 N–H and O–H groups in total. The fourth-order valence-corrected chi connectivity index (χ4v) is 3.86. The molecule has 0 saturated carbocycles. The predicted molar refractivity (Wildman–Crippen MR) is 78.9 cm³/mol. The quantitative estimate of drug-likeness (QED) is 0.895. The number of carbonyl (C=O) groups excluding carboxylic acids is 1. The number of carbonyl (C=O) groups is 1. The van der Waals surface area contributed by atoms with Gasteiger partial charge < -0.3 is 5.32 Å². The molecule has 19 heavy (non-hydrogen) atoms. The van der Waals surface area contributed by atoms with E-state index in [1.165, 1.54) is 0 Å². The number of benzene rings is 1. The van der Waals surface area contributed by atoms with Crippen molar-refractivity contribution in [3.05, 3.63) is 28.2 Å². The molecule has 0 bridgehead atoms. The fraction of sp³-hybridized carbons (Fsp3) is 0.462. The zero-order chi connectivity index (χ0) is 14.0. The molecule has 6 heteroatoms. The van der Waals surface area contributed by atoms with Crippen LogP contribution in [0.4, 0.5) is 5.69 Å². The van der Waals surface area contributed by atoms with Gasteiger partial charge in [-0.25, -0.2) is 8.42 Å². The highest BCUT2D eigenvalue weighted by Gasteiger charge is 2.28. The lowest BCUT2D eigenvalue weighted by Gasteiger charge is -2.21. The maximum Gasteiger partial charge on any atom is 0.227 e. The molecule has 0 aliphatic carbocycles. The predicted octanol–water partition coefficient (Wildman–Crippen LogP) is 2.52. The Morgan fingerprint density at radius 3 is 2.53 bits per heavy atom. The lowest BCUT2D eigenvalue weighted by molar-refractivity contribution is -0.120. The van der Waals surface area contributed by atoms with E-state index in [1.54, 1.807) is 0 Å². The van der Waals surface area contributed by atoms with Crippen LogP contribution in [0, 0.1) is 12.8 Å². The van der Waals surface area contributed by atoms with Gasteiger partial charge in [0.2, 0.25) is 5.91 Å². The summed E-state index contributed by atoms with van der Waals surface area (Å²) in [5.41, 5.74) is 1.79. The van der Waals surface area contributed by atoms with E-state index in [0.717, 1.165) is 15.7 Å². The molecular formula is C13H16BrNO3S. The second kappa shape index (κ2) is 5.63. The minimum absolute atomic E-state index is 0.0865. The molecule has 0 aromatic heterocycles. The molecule has 0 spiro atoms. The van der Waals surface area contributed by atoms with Crippen LogP contribution in [-0.4, -0.2) is 25.8 Å². The molecule has 104 valence electrons. The van der Waals surface area contributed by atoms with Crippen molar-refractivity contribution in [2.45, 2.75) is 19.8 Å². The van der Waals surface area contributed by atoms with Gasteiger partial charge in [-0.05, 0) is 43.5 Å². The van der Waals surface area contributed by atoms with Gasteiger partial charge in [-0.3, -0.25) is 4.79 Å². The molecule has 1 fully saturated rings. The molecular weight excluding hydrogens is 330 g/mol. The number of hydrogen-bond acceptors (Lipinski definition) is 3. The first kappa shape index (κ1) is 14.5. The third kappa shape index (κ3) is 3.79. The molecule has 0 unspecified atom stereocenters. The Morgan fingerprint density at radius 2 is 1.95 bits per heavy atom. The third-order valence-corrected chi connectivity index (χ3v) is 5.96. The first-order valence-corrected chi connectivity index (χ1v) is 8.76. The Hall–Kier alpha value is -0.880. The Morgan fingerprint density at radius 1 is 1.32 bits per heavy atom. The summed E-state index contributed by atoms with van der Waals surface area (Å²) in [7, 11) is -2.92. The number of nitrogens with one attached hydrogen (secondary N) is 1. The van der Waals surface area contributed by atoms with E-state index in [4.69, 9.17) is 0 Å². The minimum Gasteiger partial charge on any atom is -0.326 e. The van der Waals surface area contributed by atoms with Gasteiger partial charge in [0.1, 0.15) is 9.84 Å². The van der Waals surface area contributed by atoms with Gasteiger partial charge >= 0.3 is 0 Å². The minimum atomic E-state index is -2.92. The van der Waals surface area contributed by atoms with Crippen LogP contribution < -0.4 is 5.32 Å². The van der Waals surface area contributed by atoms with E-state index in [-0.39, 0.29) is 23.3 Å². The second-order valence-corrected chi connectivity index (χ2v) is 8.04. The standard InChI is InChI=1S/C13H16BrNO3S/c1-9-8-11(2-3-12(9)14)15-13(16)10-4-6-19(17,18)7-5-10/h2-3,8,10H,4-7H2,1H3,(H,15,16). The summed E-state index contributed by atoms with van der Waals surface area (Å²) in [5.74, 6) is -0.0568. The lowest BCUT2D eigenvalue weighted by Crippen LogP contribution is -2.31. The van der Waals surface area contributed by atoms with Crippen LogP contribution in [0.3, 0.4) is 0 Å². The molecule has 1 amide bonds. The van der Waals surface area contributed by atoms with Crippen LogP contribution in [0.1, 0.15) is 18.4 Å². The summed E-state index contributed by atoms with van der Waals surface area (Å²) in [6.45, 7) is 1.95. The van der Waals surface area contributed by atoms with E-state index >= 15 is 0 Å². The van der Waals surface area contributed by atoms with Crippen molar-refractivity contribution in [1.29, 1.82) is 0 Å². The second-order valence-electron chi connectivity index (χ2n) is 4.88. The van der Waals surface area contributed by atoms with Gasteiger partial charge in [-0.2, -0.15) is 0 Å². The normalized spacial score (nSPS) is 19.1. The summed E-state index contributed by atoms with van der Waals surface area (Å²) < 4.78 is 23.6. The number of rotatable bonds is 2. The topological polar surface area (TPSA) is 63.2 Å². The maximum absolute atomic E-state index is 12.1. The average molecular weight is 346 g/mol. The van der Waals surface area contributed by atoms with Gasteiger partial charge in [0.25, 0.3) is 0 Å². The number of aryl methyl sites for hydroxylation is 1. The number of sulfone groups is 1. The van der Waals surface area contributed by atoms with Crippen molar-refractivity contribution in [1.82, 2.24) is 0 Å². The first-order valence-electron chi connectivity index (χ1n) is 6.15. The van der Waals surface area contributed by atoms with E-state index in [2.05, 4.69) is 21.2 Å². The Balaban J connectivity index is 2.00. The number of halogens is 1. The molecule has 2 rings (SSSR count). The molecule has 1 saturated heterocycles. The molecule has 0 atom stereocenters. The van der Waals surface area contributed by atoms with E-state index < -0.39 is 9.84 Å². The van der Waals surface area contributed by atoms with Crippen LogP contribution in [0.15, 0.2) is 22.7 Å². The molecule has 1 aliphatic rings. The Kier molecular flexibility index (Phi) is 4.30. The molecule has 1 aromatic carbocycles. The van der Waals surface area contributed by atoms with E-state index in [0.29, 0.717) is 12.8 Å². The highest BCUT2D eigenvalue weighted by atomic mass is 79.9. The van der Waals surface area contributed by atoms with Crippen molar-refractivity contribution >= 4 is 37.4 Å². The van der Waals surface area contributed by atoms with E-state index in [9.17, 15) is 13.2 Å². The van der Waals surface area contributed by atoms with Crippen LogP contribution in [0.5, 0.6) is 0 Å². The lowest BCUT2D eigenvalue weighted by atomic mass is 10.0. The van der Waals surface area contributed by atoms with Crippen LogP contribution in [-0.2, 0) is 14.6 Å².